The van der Waals surface area contributed by atoms with Crippen molar-refractivity contribution < 1.29 is 10.2 Å². The van der Waals surface area contributed by atoms with E-state index < -0.39 is 0 Å². The quantitative estimate of drug-likeness (QED) is 0.454. The average Bonchev–Trinajstić information content (AvgIpc) is 2.07. The second kappa shape index (κ2) is 1.83. The van der Waals surface area contributed by atoms with E-state index in [9.17, 15) is 0 Å². The molecule has 0 radical (unpaired) electrons. The van der Waals surface area contributed by atoms with Gasteiger partial charge in [0.15, 0.2) is 0 Å². The summed E-state index contributed by atoms with van der Waals surface area (Å²) in [5.41, 5.74) is 1.22. The lowest BCUT2D eigenvalue weighted by atomic mass is 10.2. The third kappa shape index (κ3) is 0.618. The highest BCUT2D eigenvalue weighted by Gasteiger charge is 2.12. The Balaban J connectivity index is 3.44. The minimum Gasteiger partial charge on any atom is -0.493 e. The molecule has 0 amide bonds. The van der Waals surface area contributed by atoms with Crippen LogP contribution < -0.4 is 5.84 Å². The van der Waals surface area contributed by atoms with E-state index in [2.05, 4.69) is 0 Å². The van der Waals surface area contributed by atoms with Gasteiger partial charge < -0.3 is 16.1 Å². The Bertz CT molecular complexity index is 185. The van der Waals surface area contributed by atoms with Crippen LogP contribution >= 0.6 is 0 Å². The zero-order valence-corrected chi connectivity index (χ0v) is 5.92. The van der Waals surface area contributed by atoms with Crippen LogP contribution in [0.15, 0.2) is 0 Å². The maximum atomic E-state index is 9.09. The molecule has 0 saturated carbocycles. The van der Waals surface area contributed by atoms with Crippen molar-refractivity contribution in [3.05, 3.63) is 11.1 Å². The fourth-order valence-electron chi connectivity index (χ4n) is 0.797. The molecule has 0 fully saturated rings. The first-order valence-electron chi connectivity index (χ1n) is 2.90. The molecule has 56 valence electrons. The number of hydrogen-bond donors (Lipinski definition) is 3. The molecule has 0 spiro atoms. The average molecular weight is 142 g/mol. The molecule has 4 heteroatoms. The molecule has 4 nitrogen and oxygen atoms in total. The highest BCUT2D eigenvalue weighted by molar-refractivity contribution is 5.43. The van der Waals surface area contributed by atoms with Crippen LogP contribution in [-0.4, -0.2) is 14.9 Å². The summed E-state index contributed by atoms with van der Waals surface area (Å²) in [6, 6.07) is 0. The third-order valence-electron chi connectivity index (χ3n) is 1.69. The summed E-state index contributed by atoms with van der Waals surface area (Å²) in [7, 11) is 0. The summed E-state index contributed by atoms with van der Waals surface area (Å²) >= 11 is 0. The molecule has 0 aromatic carbocycles. The second-order valence-electron chi connectivity index (χ2n) is 2.27. The molecule has 1 aromatic heterocycles. The van der Waals surface area contributed by atoms with Crippen LogP contribution in [0, 0.1) is 13.8 Å². The van der Waals surface area contributed by atoms with Crippen molar-refractivity contribution in [2.75, 3.05) is 5.84 Å². The van der Waals surface area contributed by atoms with Crippen LogP contribution in [0.4, 0.5) is 0 Å². The van der Waals surface area contributed by atoms with Crippen molar-refractivity contribution in [2.24, 2.45) is 0 Å². The molecule has 0 unspecified atom stereocenters. The minimum absolute atomic E-state index is 0.0880. The summed E-state index contributed by atoms with van der Waals surface area (Å²) in [6.07, 6.45) is 0. The van der Waals surface area contributed by atoms with Gasteiger partial charge in [0, 0.05) is 11.1 Å². The van der Waals surface area contributed by atoms with Crippen molar-refractivity contribution in [3.63, 3.8) is 0 Å². The van der Waals surface area contributed by atoms with E-state index in [0.29, 0.717) is 11.1 Å². The van der Waals surface area contributed by atoms with Gasteiger partial charge in [0.1, 0.15) is 0 Å². The normalized spacial score (nSPS) is 10.2. The van der Waals surface area contributed by atoms with Crippen LogP contribution in [0.1, 0.15) is 11.1 Å². The number of rotatable bonds is 0. The maximum Gasteiger partial charge on any atom is 0.216 e. The topological polar surface area (TPSA) is 71.4 Å². The molecule has 0 aliphatic rings. The molecule has 4 N–H and O–H groups in total. The van der Waals surface area contributed by atoms with E-state index in [4.69, 9.17) is 16.1 Å². The Morgan fingerprint density at radius 2 is 1.40 bits per heavy atom. The zero-order chi connectivity index (χ0) is 7.89. The van der Waals surface area contributed by atoms with Gasteiger partial charge in [-0.05, 0) is 13.8 Å². The first kappa shape index (κ1) is 6.80. The standard InChI is InChI=1S/C6H10N2O2/c1-3-4(2)6(10)8(7)5(3)9/h9-10H,7H2,1-2H3. The van der Waals surface area contributed by atoms with Gasteiger partial charge in [-0.3, -0.25) is 0 Å². The molecule has 1 aromatic rings. The number of nitrogens with zero attached hydrogens (tertiary/aromatic N) is 1. The van der Waals surface area contributed by atoms with E-state index in [1.54, 1.807) is 13.8 Å². The predicted molar refractivity (Wildman–Crippen MR) is 37.4 cm³/mol. The van der Waals surface area contributed by atoms with Gasteiger partial charge in [0.05, 0.1) is 0 Å². The van der Waals surface area contributed by atoms with Crippen LogP contribution in [-0.2, 0) is 0 Å². The molecular formula is C6H10N2O2. The summed E-state index contributed by atoms with van der Waals surface area (Å²) in [4.78, 5) is 0. The number of aromatic nitrogens is 1. The third-order valence-corrected chi connectivity index (χ3v) is 1.69. The summed E-state index contributed by atoms with van der Waals surface area (Å²) in [6.45, 7) is 3.38. The lowest BCUT2D eigenvalue weighted by Gasteiger charge is -1.95. The monoisotopic (exact) mass is 142 g/mol. The van der Waals surface area contributed by atoms with Gasteiger partial charge in [-0.15, -0.1) is 0 Å². The maximum absolute atomic E-state index is 9.09. The van der Waals surface area contributed by atoms with Crippen molar-refractivity contribution in [2.45, 2.75) is 13.8 Å². The largest absolute Gasteiger partial charge is 0.493 e. The fraction of sp³-hybridized carbons (Fsp3) is 0.333. The fourth-order valence-corrected chi connectivity index (χ4v) is 0.797. The van der Waals surface area contributed by atoms with Gasteiger partial charge in [-0.2, -0.15) is 4.68 Å². The zero-order valence-electron chi connectivity index (χ0n) is 5.92. The first-order valence-corrected chi connectivity index (χ1v) is 2.90. The molecule has 0 aliphatic heterocycles. The van der Waals surface area contributed by atoms with Crippen LogP contribution in [0.3, 0.4) is 0 Å². The number of nitrogens with two attached hydrogens (primary N) is 1. The van der Waals surface area contributed by atoms with Crippen molar-refractivity contribution in [1.29, 1.82) is 0 Å². The Labute approximate surface area is 58.5 Å². The van der Waals surface area contributed by atoms with E-state index >= 15 is 0 Å². The molecule has 1 heterocycles. The second-order valence-corrected chi connectivity index (χ2v) is 2.27. The lowest BCUT2D eigenvalue weighted by Crippen LogP contribution is -2.05. The number of nitrogen functional groups attached to an aromatic ring is 1. The Hall–Kier alpha value is -1.32. The molecule has 0 bridgehead atoms. The van der Waals surface area contributed by atoms with Gasteiger partial charge in [-0.25, -0.2) is 0 Å². The number of aromatic hydroxyl groups is 2. The molecule has 0 aliphatic carbocycles. The lowest BCUT2D eigenvalue weighted by molar-refractivity contribution is 0.393. The Morgan fingerprint density at radius 1 is 1.10 bits per heavy atom. The molecule has 1 rings (SSSR count). The van der Waals surface area contributed by atoms with E-state index in [-0.39, 0.29) is 11.8 Å². The Kier molecular flexibility index (Phi) is 1.24. The summed E-state index contributed by atoms with van der Waals surface area (Å²) in [5, 5.41) is 18.2. The van der Waals surface area contributed by atoms with E-state index in [1.165, 1.54) is 0 Å². The predicted octanol–water partition coefficient (Wildman–Crippen LogP) is 0.230. The first-order chi connectivity index (χ1) is 4.55. The minimum atomic E-state index is -0.0880. The van der Waals surface area contributed by atoms with Crippen LogP contribution in [0.25, 0.3) is 0 Å². The van der Waals surface area contributed by atoms with Crippen molar-refractivity contribution >= 4 is 0 Å². The SMILES string of the molecule is Cc1c(C)c(O)n(N)c1O. The van der Waals surface area contributed by atoms with Gasteiger partial charge in [0.2, 0.25) is 11.8 Å². The van der Waals surface area contributed by atoms with Crippen LogP contribution in [0.2, 0.25) is 0 Å². The van der Waals surface area contributed by atoms with Crippen molar-refractivity contribution in [1.82, 2.24) is 4.68 Å². The molecule has 10 heavy (non-hydrogen) atoms. The summed E-state index contributed by atoms with van der Waals surface area (Å²) in [5.74, 6) is 5.04. The van der Waals surface area contributed by atoms with Gasteiger partial charge >= 0.3 is 0 Å². The smallest absolute Gasteiger partial charge is 0.216 e. The van der Waals surface area contributed by atoms with E-state index in [0.717, 1.165) is 4.68 Å². The summed E-state index contributed by atoms with van der Waals surface area (Å²) < 4.78 is 0.852. The van der Waals surface area contributed by atoms with Crippen molar-refractivity contribution in [3.8, 4) is 11.8 Å². The molecule has 0 saturated heterocycles. The van der Waals surface area contributed by atoms with Gasteiger partial charge in [0.25, 0.3) is 0 Å². The Morgan fingerprint density at radius 3 is 1.50 bits per heavy atom. The van der Waals surface area contributed by atoms with E-state index in [1.807, 2.05) is 0 Å². The molecule has 0 atom stereocenters. The van der Waals surface area contributed by atoms with Crippen LogP contribution in [0.5, 0.6) is 11.8 Å². The molecular weight excluding hydrogens is 132 g/mol. The highest BCUT2D eigenvalue weighted by Crippen LogP contribution is 2.28. The number of hydrogen-bond acceptors (Lipinski definition) is 3. The van der Waals surface area contributed by atoms with Gasteiger partial charge in [-0.1, -0.05) is 0 Å². The highest BCUT2D eigenvalue weighted by atomic mass is 16.3.